The zero-order valence-corrected chi connectivity index (χ0v) is 25.8. The first-order valence-corrected chi connectivity index (χ1v) is 14.3. The lowest BCUT2D eigenvalue weighted by Crippen LogP contribution is -2.25. The van der Waals surface area contributed by atoms with Gasteiger partial charge in [0.25, 0.3) is 11.6 Å². The number of carbonyl (C=O) groups excluding carboxylic acids is 2. The van der Waals surface area contributed by atoms with Crippen molar-refractivity contribution in [2.45, 2.75) is 40.8 Å². The van der Waals surface area contributed by atoms with E-state index in [-0.39, 0.29) is 27.9 Å². The summed E-state index contributed by atoms with van der Waals surface area (Å²) in [5.41, 5.74) is 1.07. The molecule has 0 aliphatic heterocycles. The molecule has 0 unspecified atom stereocenters. The predicted molar refractivity (Wildman–Crippen MR) is 172 cm³/mol. The van der Waals surface area contributed by atoms with E-state index in [9.17, 15) is 34.1 Å². The summed E-state index contributed by atoms with van der Waals surface area (Å²) in [6.07, 6.45) is 2.71. The van der Waals surface area contributed by atoms with E-state index in [1.807, 2.05) is 20.8 Å². The number of carbonyl (C=O) groups is 3. The van der Waals surface area contributed by atoms with Crippen LogP contribution >= 0.6 is 0 Å². The first-order valence-electron chi connectivity index (χ1n) is 14.3. The Morgan fingerprint density at radius 1 is 0.872 bits per heavy atom. The van der Waals surface area contributed by atoms with Gasteiger partial charge in [-0.1, -0.05) is 6.07 Å². The number of amides is 1. The second kappa shape index (κ2) is 14.2. The number of aromatic nitrogens is 4. The Morgan fingerprint density at radius 2 is 1.40 bits per heavy atom. The quantitative estimate of drug-likeness (QED) is 0.141. The number of rotatable bonds is 8. The van der Waals surface area contributed by atoms with Gasteiger partial charge in [0.1, 0.15) is 22.4 Å². The number of aromatic carboxylic acids is 1. The number of aryl methyl sites for hydroxylation is 4. The van der Waals surface area contributed by atoms with E-state index in [1.165, 1.54) is 36.7 Å². The van der Waals surface area contributed by atoms with Gasteiger partial charge >= 0.3 is 11.9 Å². The number of non-ortho nitro benzene ring substituents is 1. The minimum Gasteiger partial charge on any atom is -0.477 e. The molecule has 15 nitrogen and oxygen atoms in total. The molecule has 0 aliphatic rings. The average Bonchev–Trinajstić information content (AvgIpc) is 3.04. The Balaban J connectivity index is 0.000000248. The third-order valence-electron chi connectivity index (χ3n) is 6.93. The van der Waals surface area contributed by atoms with E-state index >= 15 is 0 Å². The SMILES string of the molecule is CCn1cc(C(=O)O)c(=O)c2ccc(C)nc21.CCn1cc(C(=O)OCC(=O)Nc2cccc([N+](=O)[O-])c2)c(=O)c2ccc(C)nc21. The summed E-state index contributed by atoms with van der Waals surface area (Å²) >= 11 is 0. The van der Waals surface area contributed by atoms with Crippen molar-refractivity contribution in [3.8, 4) is 0 Å². The Hall–Kier alpha value is -6.25. The number of fused-ring (bicyclic) bond motifs is 2. The summed E-state index contributed by atoms with van der Waals surface area (Å²) in [6.45, 7) is 7.72. The van der Waals surface area contributed by atoms with Crippen LogP contribution < -0.4 is 16.2 Å². The van der Waals surface area contributed by atoms with Crippen molar-refractivity contribution in [1.82, 2.24) is 19.1 Å². The number of nitrogens with one attached hydrogen (secondary N) is 1. The molecule has 0 spiro atoms. The molecule has 0 bridgehead atoms. The van der Waals surface area contributed by atoms with Crippen molar-refractivity contribution < 1.29 is 29.2 Å². The van der Waals surface area contributed by atoms with Crippen LogP contribution in [0.25, 0.3) is 22.1 Å². The standard InChI is InChI=1S/C20H18N4O6.C12H12N2O3/c1-3-23-10-16(18(26)15-8-7-12(2)21-19(15)23)20(27)30-11-17(25)22-13-5-4-6-14(9-13)24(28)29;1-3-14-6-9(12(16)17)10(15)8-5-4-7(2)13-11(8)14/h4-10H,3,11H2,1-2H3,(H,22,25);4-6H,3H2,1-2H3,(H,16,17). The number of anilines is 1. The van der Waals surface area contributed by atoms with Gasteiger partial charge < -0.3 is 24.3 Å². The van der Waals surface area contributed by atoms with Gasteiger partial charge in [0.2, 0.25) is 10.9 Å². The molecule has 47 heavy (non-hydrogen) atoms. The van der Waals surface area contributed by atoms with Gasteiger partial charge in [-0.3, -0.25) is 24.5 Å². The summed E-state index contributed by atoms with van der Waals surface area (Å²) < 4.78 is 8.30. The number of carboxylic acid groups (broad SMARTS) is 1. The van der Waals surface area contributed by atoms with Crippen molar-refractivity contribution in [2.75, 3.05) is 11.9 Å². The normalized spacial score (nSPS) is 10.6. The van der Waals surface area contributed by atoms with Gasteiger partial charge in [-0.2, -0.15) is 0 Å². The number of nitrogens with zero attached hydrogens (tertiary/aromatic N) is 5. The number of benzene rings is 1. The van der Waals surface area contributed by atoms with Crippen molar-refractivity contribution in [1.29, 1.82) is 0 Å². The van der Waals surface area contributed by atoms with Crippen LogP contribution in [-0.2, 0) is 22.6 Å². The number of nitro benzene ring substituents is 1. The molecule has 1 aromatic carbocycles. The van der Waals surface area contributed by atoms with Gasteiger partial charge in [-0.25, -0.2) is 19.6 Å². The molecule has 4 heterocycles. The van der Waals surface area contributed by atoms with Gasteiger partial charge in [-0.05, 0) is 58.0 Å². The molecule has 4 aromatic heterocycles. The van der Waals surface area contributed by atoms with Crippen molar-refractivity contribution >= 4 is 51.3 Å². The molecule has 0 saturated heterocycles. The lowest BCUT2D eigenvalue weighted by atomic mass is 10.2. The monoisotopic (exact) mass is 642 g/mol. The largest absolute Gasteiger partial charge is 0.477 e. The van der Waals surface area contributed by atoms with Crippen LogP contribution in [0.1, 0.15) is 46.0 Å². The number of hydrogen-bond donors (Lipinski definition) is 2. The summed E-state index contributed by atoms with van der Waals surface area (Å²) in [6, 6.07) is 11.9. The molecule has 0 saturated carbocycles. The zero-order valence-electron chi connectivity index (χ0n) is 25.8. The second-order valence-electron chi connectivity index (χ2n) is 10.2. The number of carboxylic acids is 1. The molecular weight excluding hydrogens is 612 g/mol. The molecule has 5 rings (SSSR count). The van der Waals surface area contributed by atoms with Crippen LogP contribution in [0.4, 0.5) is 11.4 Å². The van der Waals surface area contributed by atoms with E-state index in [2.05, 4.69) is 15.3 Å². The fourth-order valence-corrected chi connectivity index (χ4v) is 4.60. The number of ether oxygens (including phenoxy) is 1. The number of esters is 1. The third-order valence-corrected chi connectivity index (χ3v) is 6.93. The molecule has 0 fully saturated rings. The topological polar surface area (TPSA) is 206 Å². The fraction of sp³-hybridized carbons (Fsp3) is 0.219. The van der Waals surface area contributed by atoms with Gasteiger partial charge in [0, 0.05) is 54.7 Å². The van der Waals surface area contributed by atoms with E-state index < -0.39 is 40.2 Å². The van der Waals surface area contributed by atoms with Crippen molar-refractivity contribution in [2.24, 2.45) is 0 Å². The van der Waals surface area contributed by atoms with E-state index in [0.717, 1.165) is 11.4 Å². The minimum absolute atomic E-state index is 0.186. The van der Waals surface area contributed by atoms with E-state index in [1.54, 1.807) is 40.3 Å². The first-order chi connectivity index (χ1) is 22.3. The lowest BCUT2D eigenvalue weighted by Gasteiger charge is -2.11. The van der Waals surface area contributed by atoms with Gasteiger partial charge in [0.05, 0.1) is 15.7 Å². The highest BCUT2D eigenvalue weighted by atomic mass is 16.6. The van der Waals surface area contributed by atoms with Gasteiger partial charge in [0.15, 0.2) is 6.61 Å². The summed E-state index contributed by atoms with van der Waals surface area (Å²) in [7, 11) is 0. The maximum Gasteiger partial charge on any atom is 0.344 e. The fourth-order valence-electron chi connectivity index (χ4n) is 4.60. The Morgan fingerprint density at radius 3 is 1.91 bits per heavy atom. The van der Waals surface area contributed by atoms with Crippen molar-refractivity contribution in [3.05, 3.63) is 114 Å². The second-order valence-corrected chi connectivity index (χ2v) is 10.2. The Bertz CT molecular complexity index is 2170. The summed E-state index contributed by atoms with van der Waals surface area (Å²) in [5.74, 6) is -2.85. The van der Waals surface area contributed by atoms with Crippen LogP contribution in [0.15, 0.2) is 70.5 Å². The first kappa shape index (κ1) is 33.6. The predicted octanol–water partition coefficient (Wildman–Crippen LogP) is 3.85. The smallest absolute Gasteiger partial charge is 0.344 e. The van der Waals surface area contributed by atoms with E-state index in [0.29, 0.717) is 29.8 Å². The highest BCUT2D eigenvalue weighted by molar-refractivity contribution is 5.97. The minimum atomic E-state index is -1.21. The zero-order chi connectivity index (χ0) is 34.4. The van der Waals surface area contributed by atoms with E-state index in [4.69, 9.17) is 9.84 Å². The summed E-state index contributed by atoms with van der Waals surface area (Å²) in [5, 5.41) is 22.8. The number of nitro groups is 1. The Kier molecular flexibility index (Phi) is 10.2. The lowest BCUT2D eigenvalue weighted by molar-refractivity contribution is -0.384. The summed E-state index contributed by atoms with van der Waals surface area (Å²) in [4.78, 5) is 78.8. The highest BCUT2D eigenvalue weighted by Crippen LogP contribution is 2.17. The number of hydrogen-bond acceptors (Lipinski definition) is 10. The third kappa shape index (κ3) is 7.53. The van der Waals surface area contributed by atoms with Crippen LogP contribution in [0.5, 0.6) is 0 Å². The molecule has 15 heteroatoms. The van der Waals surface area contributed by atoms with Crippen LogP contribution in [0.2, 0.25) is 0 Å². The molecule has 0 atom stereocenters. The van der Waals surface area contributed by atoms with Gasteiger partial charge in [-0.15, -0.1) is 0 Å². The van der Waals surface area contributed by atoms with Crippen LogP contribution in [0.3, 0.4) is 0 Å². The maximum atomic E-state index is 12.7. The average molecular weight is 643 g/mol. The molecular formula is C32H30N6O9. The van der Waals surface area contributed by atoms with Crippen LogP contribution in [0, 0.1) is 24.0 Å². The molecule has 0 aliphatic carbocycles. The molecule has 242 valence electrons. The number of pyridine rings is 4. The highest BCUT2D eigenvalue weighted by Gasteiger charge is 2.19. The van der Waals surface area contributed by atoms with Crippen LogP contribution in [-0.4, -0.2) is 53.6 Å². The molecule has 1 amide bonds. The molecule has 2 N–H and O–H groups in total. The Labute approximate surface area is 266 Å². The molecule has 5 aromatic rings. The van der Waals surface area contributed by atoms with Crippen molar-refractivity contribution in [3.63, 3.8) is 0 Å². The maximum absolute atomic E-state index is 12.7. The molecule has 0 radical (unpaired) electrons.